The Hall–Kier alpha value is -13.3. The Morgan fingerprint density at radius 1 is 0.185 bits per heavy atom. The van der Waals surface area contributed by atoms with Gasteiger partial charge in [-0.2, -0.15) is 21.6 Å². The van der Waals surface area contributed by atoms with E-state index < -0.39 is 15.6 Å². The highest BCUT2D eigenvalue weighted by molar-refractivity contribution is 7.86. The lowest BCUT2D eigenvalue weighted by molar-refractivity contribution is -0.0510. The van der Waals surface area contributed by atoms with Crippen molar-refractivity contribution in [3.63, 3.8) is 0 Å². The molecule has 0 unspecified atom stereocenters. The Balaban J connectivity index is 0.0000000950. The molecule has 502 valence electrons. The first kappa shape index (κ1) is 60.0. The lowest BCUT2D eigenvalue weighted by Gasteiger charge is -2.21. The molecule has 26 aromatic carbocycles. The summed E-state index contributed by atoms with van der Waals surface area (Å²) in [6.45, 7) is 0. The lowest BCUT2D eigenvalue weighted by Crippen LogP contribution is -2.21. The number of hydrogen-bond donors (Lipinski definition) is 1. The monoisotopic (exact) mass is 1400 g/mol. The molecule has 0 heterocycles. The quantitative estimate of drug-likeness (QED) is 0.0712. The van der Waals surface area contributed by atoms with Crippen LogP contribution in [-0.4, -0.2) is 18.5 Å². The fraction of sp³-hybridized carbons (Fsp3) is 0.00990. The summed E-state index contributed by atoms with van der Waals surface area (Å²) in [5, 5.41) is 59.9. The Kier molecular flexibility index (Phi) is 11.8. The van der Waals surface area contributed by atoms with Gasteiger partial charge in [0.25, 0.3) is 0 Å². The summed E-state index contributed by atoms with van der Waals surface area (Å²) >= 11 is 0. The van der Waals surface area contributed by atoms with Crippen molar-refractivity contribution < 1.29 is 26.1 Å². The predicted octanol–water partition coefficient (Wildman–Crippen LogP) is 29.1. The first-order valence-corrected chi connectivity index (χ1v) is 37.9. The van der Waals surface area contributed by atoms with E-state index in [4.69, 9.17) is 13.0 Å². The first-order chi connectivity index (χ1) is 52.9. The third-order valence-corrected chi connectivity index (χ3v) is 25.0. The van der Waals surface area contributed by atoms with Gasteiger partial charge in [-0.3, -0.25) is 4.55 Å². The summed E-state index contributed by atoms with van der Waals surface area (Å²) in [6.07, 6.45) is 0. The maximum absolute atomic E-state index is 10.7. The van der Waals surface area contributed by atoms with Crippen LogP contribution in [0.25, 0.3) is 259 Å². The van der Waals surface area contributed by atoms with Crippen LogP contribution < -0.4 is 0 Å². The Labute approximate surface area is 612 Å². The van der Waals surface area contributed by atoms with Crippen molar-refractivity contribution in [3.8, 4) is 22.3 Å². The molecule has 0 fully saturated rings. The van der Waals surface area contributed by atoms with Gasteiger partial charge in [0.2, 0.25) is 0 Å². The minimum atomic E-state index is -5.84. The SMILES string of the molecule is O=S(=O)(O)C(F)(F)F.c1cc2cccc3c4cc5c(c6cccc(c(c1)c23)c64)-c1ccc2c3cccc4cccc(c6ccc-5c1c62)c43.c1cc2cccc3c4ccc5c6ccc7c8cccc9cccc(c%10ccc(c%11ccc(c(c1)c23)c4c%115)c6c%107)c98.c1cc2cccc3c4cccc5cccc(c(c1)c23)c54. The second-order valence-electron chi connectivity index (χ2n) is 29.5. The number of hydrogen-bond acceptors (Lipinski definition) is 2. The molecule has 0 spiro atoms. The highest BCUT2D eigenvalue weighted by atomic mass is 32.2. The smallest absolute Gasteiger partial charge is 0.279 e. The molecule has 0 saturated carbocycles. The molecule has 0 saturated heterocycles. The van der Waals surface area contributed by atoms with Gasteiger partial charge in [0.1, 0.15) is 0 Å². The van der Waals surface area contributed by atoms with Crippen molar-refractivity contribution in [2.75, 3.05) is 0 Å². The largest absolute Gasteiger partial charge is 0.522 e. The van der Waals surface area contributed by atoms with Crippen molar-refractivity contribution in [3.05, 3.63) is 315 Å². The summed E-state index contributed by atoms with van der Waals surface area (Å²) in [6, 6.07) is 119. The summed E-state index contributed by atoms with van der Waals surface area (Å²) in [5.41, 5.74) is -0.0353. The van der Waals surface area contributed by atoms with Crippen molar-refractivity contribution in [2.24, 2.45) is 0 Å². The summed E-state index contributed by atoms with van der Waals surface area (Å²) in [5.74, 6) is 0. The molecule has 0 atom stereocenters. The molecule has 3 nitrogen and oxygen atoms in total. The fourth-order valence-corrected chi connectivity index (χ4v) is 20.3. The van der Waals surface area contributed by atoms with Gasteiger partial charge >= 0.3 is 15.6 Å². The van der Waals surface area contributed by atoms with E-state index in [0.717, 1.165) is 0 Å². The van der Waals surface area contributed by atoms with Gasteiger partial charge in [0.05, 0.1) is 0 Å². The van der Waals surface area contributed by atoms with E-state index in [9.17, 15) is 13.2 Å². The van der Waals surface area contributed by atoms with Crippen LogP contribution in [0.5, 0.6) is 0 Å². The van der Waals surface area contributed by atoms with Crippen LogP contribution in [0.4, 0.5) is 13.2 Å². The number of alkyl halides is 3. The molecule has 0 aliphatic heterocycles. The fourth-order valence-electron chi connectivity index (χ4n) is 20.3. The normalized spacial score (nSPS) is 12.9. The van der Waals surface area contributed by atoms with Gasteiger partial charge in [0.15, 0.2) is 0 Å². The second kappa shape index (κ2) is 21.2. The van der Waals surface area contributed by atoms with Crippen molar-refractivity contribution in [2.45, 2.75) is 5.51 Å². The maximum atomic E-state index is 10.7. The van der Waals surface area contributed by atoms with Crippen LogP contribution in [0.2, 0.25) is 0 Å². The molecular formula is C101H53F3O3S. The molecule has 27 rings (SSSR count). The van der Waals surface area contributed by atoms with Gasteiger partial charge in [-0.05, 0) is 265 Å². The van der Waals surface area contributed by atoms with Crippen LogP contribution >= 0.6 is 0 Å². The molecule has 26 aromatic rings. The van der Waals surface area contributed by atoms with Gasteiger partial charge in [-0.1, -0.05) is 309 Å². The molecule has 0 bridgehead atoms. The van der Waals surface area contributed by atoms with E-state index in [-0.39, 0.29) is 0 Å². The Bertz CT molecular complexity index is 7970. The molecule has 1 aliphatic carbocycles. The maximum Gasteiger partial charge on any atom is 0.522 e. The lowest BCUT2D eigenvalue weighted by atomic mass is 9.82. The van der Waals surface area contributed by atoms with Crippen LogP contribution in [0.15, 0.2) is 315 Å². The molecule has 1 aliphatic rings. The van der Waals surface area contributed by atoms with Gasteiger partial charge in [-0.15, -0.1) is 0 Å². The predicted molar refractivity (Wildman–Crippen MR) is 454 cm³/mol. The van der Waals surface area contributed by atoms with E-state index in [1.54, 1.807) is 0 Å². The molecule has 7 heteroatoms. The van der Waals surface area contributed by atoms with Crippen LogP contribution in [-0.2, 0) is 10.1 Å². The minimum absolute atomic E-state index is 1.31. The van der Waals surface area contributed by atoms with Crippen molar-refractivity contribution in [1.82, 2.24) is 0 Å². The van der Waals surface area contributed by atoms with Crippen molar-refractivity contribution in [1.29, 1.82) is 0 Å². The number of halogens is 3. The van der Waals surface area contributed by atoms with Crippen molar-refractivity contribution >= 4 is 247 Å². The molecule has 108 heavy (non-hydrogen) atoms. The highest BCUT2D eigenvalue weighted by Gasteiger charge is 2.44. The number of fused-ring (bicyclic) bond motifs is 16. The average molecular weight is 1400 g/mol. The van der Waals surface area contributed by atoms with Gasteiger partial charge in [0, 0.05) is 0 Å². The van der Waals surface area contributed by atoms with E-state index in [2.05, 4.69) is 315 Å². The van der Waals surface area contributed by atoms with E-state index in [1.807, 2.05) is 0 Å². The number of benzene rings is 26. The highest BCUT2D eigenvalue weighted by Crippen LogP contribution is 2.58. The zero-order chi connectivity index (χ0) is 71.5. The van der Waals surface area contributed by atoms with E-state index >= 15 is 0 Å². The molecule has 0 aromatic heterocycles. The van der Waals surface area contributed by atoms with Gasteiger partial charge < -0.3 is 0 Å². The zero-order valence-electron chi connectivity index (χ0n) is 57.3. The van der Waals surface area contributed by atoms with Gasteiger partial charge in [-0.25, -0.2) is 0 Å². The average Bonchev–Trinajstić information content (AvgIpc) is 1.04. The zero-order valence-corrected chi connectivity index (χ0v) is 58.1. The summed E-state index contributed by atoms with van der Waals surface area (Å²) in [7, 11) is -5.84. The molecular weight excluding hydrogens is 1350 g/mol. The number of rotatable bonds is 0. The summed E-state index contributed by atoms with van der Waals surface area (Å²) in [4.78, 5) is 0. The first-order valence-electron chi connectivity index (χ1n) is 36.5. The third kappa shape index (κ3) is 7.82. The topological polar surface area (TPSA) is 54.4 Å². The Morgan fingerprint density at radius 2 is 0.361 bits per heavy atom. The molecule has 1 N–H and O–H groups in total. The van der Waals surface area contributed by atoms with Crippen LogP contribution in [0.3, 0.4) is 0 Å². The Morgan fingerprint density at radius 3 is 0.602 bits per heavy atom. The second-order valence-corrected chi connectivity index (χ2v) is 30.9. The summed E-state index contributed by atoms with van der Waals surface area (Å²) < 4.78 is 57.5. The van der Waals surface area contributed by atoms with Crippen LogP contribution in [0, 0.1) is 0 Å². The van der Waals surface area contributed by atoms with E-state index in [1.165, 1.54) is 259 Å². The van der Waals surface area contributed by atoms with E-state index in [0.29, 0.717) is 0 Å². The minimum Gasteiger partial charge on any atom is -0.279 e. The molecule has 0 radical (unpaired) electrons. The third-order valence-electron chi connectivity index (χ3n) is 24.4. The standard InChI is InChI=1S/2C40H20.C20H12.CHF3O3S/c1-8-22-9-4-13-27-33-20-34-30-17-16-28-24-11-2-6-21-7-3-12-25(35(21)24)29-18-19-32(40(30)39(28)29)38(34)31-15-5-14-26(37(31)33)23(10-1)36(22)27;1-5-21-6-2-10-24-28-14-18-32-34-20-16-30-26-12-4-8-22-7-3-11-25(36(22)26)29-15-19-33(40(34)38(29)30)31-17-13-27(37(28)39(31)32)23(9-1)35(21)24;1-5-13-6-2-11-17-18-12-4-8-14-7-3-10-16(20(14)18)15(9-1)19(13)17;2-1(3,4)8(5,6)7/h2*1-20H;1-12H;(H,5,6,7). The molecule has 0 amide bonds. The van der Waals surface area contributed by atoms with Crippen LogP contribution in [0.1, 0.15) is 0 Å².